The van der Waals surface area contributed by atoms with Crippen molar-refractivity contribution in [3.05, 3.63) is 22.8 Å². The smallest absolute Gasteiger partial charge is 0.356 e. The van der Waals surface area contributed by atoms with Crippen LogP contribution in [0.15, 0.2) is 12.1 Å². The molecule has 6 nitrogen and oxygen atoms in total. The Morgan fingerprint density at radius 2 is 2.26 bits per heavy atom. The third-order valence-corrected chi connectivity index (χ3v) is 5.60. The van der Waals surface area contributed by atoms with Crippen LogP contribution in [0.4, 0.5) is 5.82 Å². The quantitative estimate of drug-likeness (QED) is 0.873. The molecule has 1 aromatic rings. The first kappa shape index (κ1) is 14.1. The average molecular weight is 305 g/mol. The van der Waals surface area contributed by atoms with E-state index in [4.69, 9.17) is 16.7 Å². The summed E-state index contributed by atoms with van der Waals surface area (Å²) in [5.74, 6) is -0.695. The van der Waals surface area contributed by atoms with Crippen LogP contribution < -0.4 is 5.32 Å². The highest BCUT2D eigenvalue weighted by atomic mass is 35.5. The molecule has 0 aromatic carbocycles. The molecule has 0 spiro atoms. The molecule has 1 saturated heterocycles. The van der Waals surface area contributed by atoms with Crippen molar-refractivity contribution < 1.29 is 18.3 Å². The molecule has 1 unspecified atom stereocenters. The lowest BCUT2D eigenvalue weighted by Gasteiger charge is -2.11. The molecule has 2 rings (SSSR count). The van der Waals surface area contributed by atoms with Crippen molar-refractivity contribution in [2.75, 3.05) is 17.6 Å². The van der Waals surface area contributed by atoms with Crippen LogP contribution in [0.3, 0.4) is 0 Å². The molecule has 1 aromatic heterocycles. The first-order valence-corrected chi connectivity index (χ1v) is 7.85. The molecule has 2 heterocycles. The average Bonchev–Trinajstić information content (AvgIpc) is 2.67. The number of sulfone groups is 1. The third-order valence-electron chi connectivity index (χ3n) is 3.02. The Morgan fingerprint density at radius 3 is 2.84 bits per heavy atom. The maximum Gasteiger partial charge on any atom is 0.356 e. The Balaban J connectivity index is 2.08. The number of carbonyl (C=O) groups is 1. The Bertz CT molecular complexity index is 603. The summed E-state index contributed by atoms with van der Waals surface area (Å²) < 4.78 is 23.3. The second-order valence-electron chi connectivity index (χ2n) is 4.34. The van der Waals surface area contributed by atoms with Crippen LogP contribution in [0.25, 0.3) is 0 Å². The van der Waals surface area contributed by atoms with E-state index < -0.39 is 21.1 Å². The summed E-state index contributed by atoms with van der Waals surface area (Å²) >= 11 is 5.70. The lowest BCUT2D eigenvalue weighted by molar-refractivity contribution is 0.0691. The van der Waals surface area contributed by atoms with Crippen molar-refractivity contribution in [3.8, 4) is 0 Å². The molecule has 0 radical (unpaired) electrons. The monoisotopic (exact) mass is 304 g/mol. The van der Waals surface area contributed by atoms with E-state index in [-0.39, 0.29) is 23.0 Å². The van der Waals surface area contributed by atoms with Gasteiger partial charge in [0.1, 0.15) is 5.82 Å². The summed E-state index contributed by atoms with van der Waals surface area (Å²) in [6, 6.07) is 2.94. The zero-order valence-electron chi connectivity index (χ0n) is 9.97. The van der Waals surface area contributed by atoms with E-state index in [1.165, 1.54) is 12.1 Å². The SMILES string of the molecule is O=C(O)c1nc(NCC2CCCS2(=O)=O)ccc1Cl. The first-order chi connectivity index (χ1) is 8.90. The fourth-order valence-corrected chi connectivity index (χ4v) is 3.95. The van der Waals surface area contributed by atoms with Gasteiger partial charge >= 0.3 is 5.97 Å². The number of hydrogen-bond acceptors (Lipinski definition) is 5. The number of hydrogen-bond donors (Lipinski definition) is 2. The van der Waals surface area contributed by atoms with E-state index in [0.29, 0.717) is 18.7 Å². The van der Waals surface area contributed by atoms with Gasteiger partial charge in [0.15, 0.2) is 15.5 Å². The van der Waals surface area contributed by atoms with Gasteiger partial charge in [-0.25, -0.2) is 18.2 Å². The summed E-state index contributed by atoms with van der Waals surface area (Å²) in [4.78, 5) is 14.7. The minimum Gasteiger partial charge on any atom is -0.476 e. The summed E-state index contributed by atoms with van der Waals surface area (Å²) in [7, 11) is -3.02. The zero-order chi connectivity index (χ0) is 14.0. The number of aromatic carboxylic acids is 1. The van der Waals surface area contributed by atoms with E-state index in [0.717, 1.165) is 0 Å². The Labute approximate surface area is 115 Å². The van der Waals surface area contributed by atoms with E-state index in [1.54, 1.807) is 0 Å². The van der Waals surface area contributed by atoms with Crippen LogP contribution in [0, 0.1) is 0 Å². The highest BCUT2D eigenvalue weighted by molar-refractivity contribution is 7.92. The molecule has 1 aliphatic heterocycles. The largest absolute Gasteiger partial charge is 0.476 e. The minimum atomic E-state index is -3.02. The summed E-state index contributed by atoms with van der Waals surface area (Å²) in [6.07, 6.45) is 1.29. The fourth-order valence-electron chi connectivity index (χ4n) is 2.00. The number of rotatable bonds is 4. The van der Waals surface area contributed by atoms with Crippen LogP contribution in [-0.4, -0.2) is 42.0 Å². The Kier molecular flexibility index (Phi) is 3.96. The maximum absolute atomic E-state index is 11.6. The van der Waals surface area contributed by atoms with Gasteiger partial charge in [0.2, 0.25) is 0 Å². The van der Waals surface area contributed by atoms with Gasteiger partial charge in [0.05, 0.1) is 16.0 Å². The molecule has 1 aliphatic rings. The minimum absolute atomic E-state index is 0.0477. The molecule has 1 fully saturated rings. The van der Waals surface area contributed by atoms with Gasteiger partial charge in [-0.3, -0.25) is 0 Å². The summed E-state index contributed by atoms with van der Waals surface area (Å²) in [5.41, 5.74) is -0.249. The Morgan fingerprint density at radius 1 is 1.53 bits per heavy atom. The van der Waals surface area contributed by atoms with E-state index in [9.17, 15) is 13.2 Å². The van der Waals surface area contributed by atoms with Crippen LogP contribution in [0.5, 0.6) is 0 Å². The van der Waals surface area contributed by atoms with Crippen molar-refractivity contribution in [2.45, 2.75) is 18.1 Å². The van der Waals surface area contributed by atoms with Gasteiger partial charge in [-0.1, -0.05) is 11.6 Å². The molecule has 0 saturated carbocycles. The Hall–Kier alpha value is -1.34. The van der Waals surface area contributed by atoms with Crippen LogP contribution in [0.2, 0.25) is 5.02 Å². The number of pyridine rings is 1. The lowest BCUT2D eigenvalue weighted by atomic mass is 10.2. The van der Waals surface area contributed by atoms with E-state index in [2.05, 4.69) is 10.3 Å². The molecule has 1 atom stereocenters. The number of aromatic nitrogens is 1. The van der Waals surface area contributed by atoms with Gasteiger partial charge in [-0.15, -0.1) is 0 Å². The number of nitrogens with one attached hydrogen (secondary N) is 1. The lowest BCUT2D eigenvalue weighted by Crippen LogP contribution is -2.25. The number of carboxylic acid groups (broad SMARTS) is 1. The number of halogens is 1. The van der Waals surface area contributed by atoms with Crippen molar-refractivity contribution in [3.63, 3.8) is 0 Å². The van der Waals surface area contributed by atoms with E-state index in [1.807, 2.05) is 0 Å². The molecular weight excluding hydrogens is 292 g/mol. The molecule has 104 valence electrons. The van der Waals surface area contributed by atoms with Gasteiger partial charge in [-0.2, -0.15) is 0 Å². The standard InChI is InChI=1S/C11H13ClN2O4S/c12-8-3-4-9(14-10(8)11(15)16)13-6-7-2-1-5-19(7,17)18/h3-4,7H,1-2,5-6H2,(H,13,14)(H,15,16). The number of carboxylic acids is 1. The molecule has 0 aliphatic carbocycles. The maximum atomic E-state index is 11.6. The fraction of sp³-hybridized carbons (Fsp3) is 0.455. The predicted octanol–water partition coefficient (Wildman–Crippen LogP) is 1.42. The van der Waals surface area contributed by atoms with Gasteiger partial charge in [0.25, 0.3) is 0 Å². The molecule has 0 amide bonds. The van der Waals surface area contributed by atoms with Crippen LogP contribution in [-0.2, 0) is 9.84 Å². The van der Waals surface area contributed by atoms with Crippen molar-refractivity contribution >= 4 is 33.2 Å². The van der Waals surface area contributed by atoms with Gasteiger partial charge in [0, 0.05) is 6.54 Å². The van der Waals surface area contributed by atoms with Crippen molar-refractivity contribution in [1.82, 2.24) is 4.98 Å². The topological polar surface area (TPSA) is 96.4 Å². The molecule has 2 N–H and O–H groups in total. The van der Waals surface area contributed by atoms with Crippen molar-refractivity contribution in [1.29, 1.82) is 0 Å². The first-order valence-electron chi connectivity index (χ1n) is 5.75. The summed E-state index contributed by atoms with van der Waals surface area (Å²) in [6.45, 7) is 0.232. The second-order valence-corrected chi connectivity index (χ2v) is 7.15. The normalized spacial score (nSPS) is 21.2. The highest BCUT2D eigenvalue weighted by Gasteiger charge is 2.30. The van der Waals surface area contributed by atoms with Gasteiger partial charge < -0.3 is 10.4 Å². The van der Waals surface area contributed by atoms with Crippen molar-refractivity contribution in [2.24, 2.45) is 0 Å². The molecule has 19 heavy (non-hydrogen) atoms. The molecule has 0 bridgehead atoms. The molecular formula is C11H13ClN2O4S. The third kappa shape index (κ3) is 3.16. The van der Waals surface area contributed by atoms with Crippen LogP contribution in [0.1, 0.15) is 23.3 Å². The number of anilines is 1. The van der Waals surface area contributed by atoms with Gasteiger partial charge in [-0.05, 0) is 25.0 Å². The second kappa shape index (κ2) is 5.34. The van der Waals surface area contributed by atoms with Crippen LogP contribution >= 0.6 is 11.6 Å². The zero-order valence-corrected chi connectivity index (χ0v) is 11.5. The number of nitrogens with zero attached hydrogens (tertiary/aromatic N) is 1. The molecule has 8 heteroatoms. The highest BCUT2D eigenvalue weighted by Crippen LogP contribution is 2.21. The predicted molar refractivity (Wildman–Crippen MR) is 71.5 cm³/mol. The van der Waals surface area contributed by atoms with E-state index >= 15 is 0 Å². The summed E-state index contributed by atoms with van der Waals surface area (Å²) in [5, 5.41) is 11.4.